The molecule has 0 aliphatic heterocycles. The Morgan fingerprint density at radius 3 is 2.93 bits per heavy atom. The van der Waals surface area contributed by atoms with Gasteiger partial charge in [-0.3, -0.25) is 0 Å². The molecular weight excluding hydrogens is 224 g/mol. The molecule has 0 bridgehead atoms. The molecule has 0 unspecified atom stereocenters. The summed E-state index contributed by atoms with van der Waals surface area (Å²) in [5.41, 5.74) is 1.42. The summed E-state index contributed by atoms with van der Waals surface area (Å²) in [6.07, 6.45) is 6.33. The van der Waals surface area contributed by atoms with Gasteiger partial charge in [0.05, 0.1) is 0 Å². The topological polar surface area (TPSA) is 0 Å². The van der Waals surface area contributed by atoms with Crippen LogP contribution in [0.5, 0.6) is 0 Å². The Labute approximate surface area is 99.2 Å². The zero-order valence-electron chi connectivity index (χ0n) is 8.45. The van der Waals surface area contributed by atoms with Crippen molar-refractivity contribution in [2.45, 2.75) is 12.8 Å². The maximum absolute atomic E-state index is 5.61. The average molecular weight is 237 g/mol. The van der Waals surface area contributed by atoms with E-state index in [0.29, 0.717) is 5.88 Å². The van der Waals surface area contributed by atoms with Crippen LogP contribution >= 0.6 is 22.9 Å². The fraction of sp³-hybridized carbons (Fsp3) is 0.231. The van der Waals surface area contributed by atoms with Gasteiger partial charge < -0.3 is 0 Å². The van der Waals surface area contributed by atoms with E-state index in [1.165, 1.54) is 15.6 Å². The number of thiophene rings is 1. The SMILES string of the molecule is ClCCC=CCc1csc2ccccc12. The third-order valence-corrected chi connectivity index (χ3v) is 3.57. The monoisotopic (exact) mass is 236 g/mol. The minimum atomic E-state index is 0.709. The molecule has 0 aliphatic carbocycles. The zero-order chi connectivity index (χ0) is 10.5. The molecule has 0 atom stereocenters. The molecule has 0 aliphatic rings. The number of allylic oxidation sites excluding steroid dienone is 2. The summed E-state index contributed by atoms with van der Waals surface area (Å²) in [6.45, 7) is 0. The first-order valence-corrected chi connectivity index (χ1v) is 6.49. The summed E-state index contributed by atoms with van der Waals surface area (Å²) in [5, 5.41) is 3.63. The van der Waals surface area contributed by atoms with Crippen LogP contribution in [0.3, 0.4) is 0 Å². The Morgan fingerprint density at radius 1 is 1.20 bits per heavy atom. The molecule has 0 saturated carbocycles. The Hall–Kier alpha value is -0.790. The van der Waals surface area contributed by atoms with Gasteiger partial charge in [0.2, 0.25) is 0 Å². The van der Waals surface area contributed by atoms with Gasteiger partial charge in [0.1, 0.15) is 0 Å². The third-order valence-electron chi connectivity index (χ3n) is 2.34. The van der Waals surface area contributed by atoms with Crippen LogP contribution in [0.2, 0.25) is 0 Å². The lowest BCUT2D eigenvalue weighted by molar-refractivity contribution is 1.20. The lowest BCUT2D eigenvalue weighted by Gasteiger charge is -1.93. The molecule has 1 aromatic heterocycles. The molecule has 0 N–H and O–H groups in total. The number of fused-ring (bicyclic) bond motifs is 1. The van der Waals surface area contributed by atoms with E-state index in [1.54, 1.807) is 0 Å². The van der Waals surface area contributed by atoms with Crippen LogP contribution in [0, 0.1) is 0 Å². The van der Waals surface area contributed by atoms with Gasteiger partial charge in [0.25, 0.3) is 0 Å². The van der Waals surface area contributed by atoms with Crippen molar-refractivity contribution in [1.29, 1.82) is 0 Å². The minimum absolute atomic E-state index is 0.709. The lowest BCUT2D eigenvalue weighted by Crippen LogP contribution is -1.77. The van der Waals surface area contributed by atoms with Gasteiger partial charge in [0.15, 0.2) is 0 Å². The van der Waals surface area contributed by atoms with Gasteiger partial charge in [0, 0.05) is 10.6 Å². The second kappa shape index (κ2) is 5.34. The smallest absolute Gasteiger partial charge is 0.0345 e. The van der Waals surface area contributed by atoms with E-state index in [2.05, 4.69) is 41.8 Å². The van der Waals surface area contributed by atoms with Crippen LogP contribution in [0.1, 0.15) is 12.0 Å². The van der Waals surface area contributed by atoms with Crippen molar-refractivity contribution in [3.05, 3.63) is 47.4 Å². The second-order valence-corrected chi connectivity index (χ2v) is 4.70. The maximum Gasteiger partial charge on any atom is 0.0345 e. The average Bonchev–Trinajstić information content (AvgIpc) is 2.68. The number of benzene rings is 1. The summed E-state index contributed by atoms with van der Waals surface area (Å²) in [5.74, 6) is 0.709. The van der Waals surface area contributed by atoms with Gasteiger partial charge >= 0.3 is 0 Å². The molecule has 0 amide bonds. The second-order valence-electron chi connectivity index (χ2n) is 3.41. The van der Waals surface area contributed by atoms with Crippen LogP contribution in [-0.2, 0) is 6.42 Å². The lowest BCUT2D eigenvalue weighted by atomic mass is 10.1. The van der Waals surface area contributed by atoms with Crippen LogP contribution in [0.25, 0.3) is 10.1 Å². The van der Waals surface area contributed by atoms with Crippen molar-refractivity contribution in [2.75, 3.05) is 5.88 Å². The highest BCUT2D eigenvalue weighted by Gasteiger charge is 2.00. The third kappa shape index (κ3) is 2.61. The molecule has 1 heterocycles. The summed E-state index contributed by atoms with van der Waals surface area (Å²) in [6, 6.07) is 8.55. The highest BCUT2D eigenvalue weighted by atomic mass is 35.5. The Morgan fingerprint density at radius 2 is 2.07 bits per heavy atom. The minimum Gasteiger partial charge on any atom is -0.144 e. The maximum atomic E-state index is 5.61. The predicted octanol–water partition coefficient (Wildman–Crippen LogP) is 4.63. The first-order valence-electron chi connectivity index (χ1n) is 5.08. The Balaban J connectivity index is 2.14. The molecule has 0 spiro atoms. The standard InChI is InChI=1S/C13H13ClS/c14-9-5-1-2-6-11-10-15-13-8-4-3-7-12(11)13/h1-4,7-8,10H,5-6,9H2. The van der Waals surface area contributed by atoms with Crippen molar-refractivity contribution in [3.8, 4) is 0 Å². The Bertz CT molecular complexity index is 456. The molecule has 2 heteroatoms. The summed E-state index contributed by atoms with van der Waals surface area (Å²) >= 11 is 7.43. The first-order chi connectivity index (χ1) is 7.42. The van der Waals surface area contributed by atoms with Crippen LogP contribution in [0.15, 0.2) is 41.8 Å². The molecular formula is C13H13ClS. The summed E-state index contributed by atoms with van der Waals surface area (Å²) < 4.78 is 1.37. The van der Waals surface area contributed by atoms with Gasteiger partial charge in [-0.05, 0) is 35.2 Å². The number of rotatable bonds is 4. The van der Waals surface area contributed by atoms with Gasteiger partial charge in [-0.2, -0.15) is 0 Å². The molecule has 0 radical (unpaired) electrons. The van der Waals surface area contributed by atoms with E-state index in [-0.39, 0.29) is 0 Å². The molecule has 0 fully saturated rings. The molecule has 0 nitrogen and oxygen atoms in total. The zero-order valence-corrected chi connectivity index (χ0v) is 10.0. The molecule has 78 valence electrons. The highest BCUT2D eigenvalue weighted by molar-refractivity contribution is 7.17. The molecule has 0 saturated heterocycles. The first kappa shape index (κ1) is 10.7. The quantitative estimate of drug-likeness (QED) is 0.536. The largest absolute Gasteiger partial charge is 0.144 e. The van der Waals surface area contributed by atoms with Gasteiger partial charge in [-0.1, -0.05) is 30.4 Å². The van der Waals surface area contributed by atoms with E-state index < -0.39 is 0 Å². The fourth-order valence-electron chi connectivity index (χ4n) is 1.58. The summed E-state index contributed by atoms with van der Waals surface area (Å²) in [7, 11) is 0. The van der Waals surface area contributed by atoms with E-state index >= 15 is 0 Å². The van der Waals surface area contributed by atoms with Crippen molar-refractivity contribution in [3.63, 3.8) is 0 Å². The molecule has 2 aromatic rings. The van der Waals surface area contributed by atoms with E-state index in [9.17, 15) is 0 Å². The predicted molar refractivity (Wildman–Crippen MR) is 70.0 cm³/mol. The highest BCUT2D eigenvalue weighted by Crippen LogP contribution is 2.25. The van der Waals surface area contributed by atoms with Crippen molar-refractivity contribution >= 4 is 33.0 Å². The normalized spacial score (nSPS) is 11.5. The number of alkyl halides is 1. The number of halogens is 1. The van der Waals surface area contributed by atoms with Crippen molar-refractivity contribution < 1.29 is 0 Å². The van der Waals surface area contributed by atoms with E-state index in [1.807, 2.05) is 11.3 Å². The number of hydrogen-bond acceptors (Lipinski definition) is 1. The molecule has 15 heavy (non-hydrogen) atoms. The van der Waals surface area contributed by atoms with Crippen LogP contribution in [0.4, 0.5) is 0 Å². The van der Waals surface area contributed by atoms with Crippen molar-refractivity contribution in [1.82, 2.24) is 0 Å². The Kier molecular flexibility index (Phi) is 3.81. The molecule has 1 aromatic carbocycles. The van der Waals surface area contributed by atoms with E-state index in [4.69, 9.17) is 11.6 Å². The van der Waals surface area contributed by atoms with E-state index in [0.717, 1.165) is 12.8 Å². The number of hydrogen-bond donors (Lipinski definition) is 0. The van der Waals surface area contributed by atoms with Crippen molar-refractivity contribution in [2.24, 2.45) is 0 Å². The molecule has 2 rings (SSSR count). The fourth-order valence-corrected chi connectivity index (χ4v) is 2.68. The van der Waals surface area contributed by atoms with Gasteiger partial charge in [-0.25, -0.2) is 0 Å². The van der Waals surface area contributed by atoms with Gasteiger partial charge in [-0.15, -0.1) is 22.9 Å². The summed E-state index contributed by atoms with van der Waals surface area (Å²) in [4.78, 5) is 0. The van der Waals surface area contributed by atoms with Crippen LogP contribution < -0.4 is 0 Å². The van der Waals surface area contributed by atoms with Crippen LogP contribution in [-0.4, -0.2) is 5.88 Å².